The van der Waals surface area contributed by atoms with Gasteiger partial charge in [0.2, 0.25) is 10.0 Å². The van der Waals surface area contributed by atoms with Crippen LogP contribution in [0.1, 0.15) is 44.8 Å². The van der Waals surface area contributed by atoms with Crippen molar-refractivity contribution in [3.8, 4) is 0 Å². The third-order valence-corrected chi connectivity index (χ3v) is 5.81. The minimum atomic E-state index is -3.40. The summed E-state index contributed by atoms with van der Waals surface area (Å²) in [5.74, 6) is 0.837. The van der Waals surface area contributed by atoms with Crippen molar-refractivity contribution >= 4 is 21.6 Å². The van der Waals surface area contributed by atoms with Crippen LogP contribution in [0.5, 0.6) is 0 Å². The molecule has 6 heteroatoms. The minimum Gasteiger partial charge on any atom is -0.346 e. The molecule has 0 atom stereocenters. The van der Waals surface area contributed by atoms with E-state index in [9.17, 15) is 8.42 Å². The van der Waals surface area contributed by atoms with Gasteiger partial charge in [-0.2, -0.15) is 0 Å². The molecule has 0 unspecified atom stereocenters. The summed E-state index contributed by atoms with van der Waals surface area (Å²) >= 11 is 5.92. The molecular formula is C14H23ClN2O2S. The lowest BCUT2D eigenvalue weighted by atomic mass is 10.1. The molecule has 2 rings (SSSR count). The van der Waals surface area contributed by atoms with Crippen LogP contribution >= 0.6 is 11.6 Å². The predicted octanol–water partition coefficient (Wildman–Crippen LogP) is 3.23. The van der Waals surface area contributed by atoms with E-state index >= 15 is 0 Å². The van der Waals surface area contributed by atoms with Gasteiger partial charge in [-0.1, -0.05) is 13.8 Å². The zero-order valence-electron chi connectivity index (χ0n) is 12.3. The molecule has 114 valence electrons. The monoisotopic (exact) mass is 318 g/mol. The summed E-state index contributed by atoms with van der Waals surface area (Å²) in [5.41, 5.74) is 0.894. The van der Waals surface area contributed by atoms with E-state index in [1.807, 2.05) is 4.57 Å². The van der Waals surface area contributed by atoms with Gasteiger partial charge in [0.25, 0.3) is 0 Å². The highest BCUT2D eigenvalue weighted by Crippen LogP contribution is 2.38. The van der Waals surface area contributed by atoms with E-state index in [1.165, 1.54) is 4.31 Å². The molecule has 1 aromatic heterocycles. The molecule has 0 saturated heterocycles. The molecule has 1 saturated carbocycles. The van der Waals surface area contributed by atoms with Crippen LogP contribution in [0.4, 0.5) is 0 Å². The van der Waals surface area contributed by atoms with Gasteiger partial charge in [-0.15, -0.1) is 11.6 Å². The van der Waals surface area contributed by atoms with Crippen molar-refractivity contribution in [1.29, 1.82) is 0 Å². The average molecular weight is 319 g/mol. The number of nitrogens with zero attached hydrogens (tertiary/aromatic N) is 2. The van der Waals surface area contributed by atoms with Gasteiger partial charge in [0.05, 0.1) is 5.88 Å². The summed E-state index contributed by atoms with van der Waals surface area (Å²) in [5, 5.41) is 0. The molecule has 0 aliphatic heterocycles. The summed E-state index contributed by atoms with van der Waals surface area (Å²) in [6.07, 6.45) is 4.83. The number of hydrogen-bond donors (Lipinski definition) is 0. The quantitative estimate of drug-likeness (QED) is 0.724. The van der Waals surface area contributed by atoms with E-state index in [2.05, 4.69) is 13.8 Å². The molecule has 1 aliphatic carbocycles. The van der Waals surface area contributed by atoms with Crippen LogP contribution in [0, 0.1) is 5.92 Å². The summed E-state index contributed by atoms with van der Waals surface area (Å²) in [6, 6.07) is 2.15. The van der Waals surface area contributed by atoms with Crippen molar-refractivity contribution in [1.82, 2.24) is 8.87 Å². The van der Waals surface area contributed by atoms with E-state index in [0.29, 0.717) is 29.3 Å². The van der Waals surface area contributed by atoms with Gasteiger partial charge < -0.3 is 4.57 Å². The van der Waals surface area contributed by atoms with Crippen molar-refractivity contribution in [3.63, 3.8) is 0 Å². The smallest absolute Gasteiger partial charge is 0.244 e. The summed E-state index contributed by atoms with van der Waals surface area (Å²) < 4.78 is 28.5. The normalized spacial score (nSPS) is 16.3. The predicted molar refractivity (Wildman–Crippen MR) is 81.5 cm³/mol. The Hall–Kier alpha value is -0.520. The maximum Gasteiger partial charge on any atom is 0.244 e. The topological polar surface area (TPSA) is 42.3 Å². The maximum atomic E-state index is 12.5. The second-order valence-corrected chi connectivity index (χ2v) is 8.26. The zero-order valence-corrected chi connectivity index (χ0v) is 13.9. The molecule has 1 heterocycles. The van der Waals surface area contributed by atoms with Gasteiger partial charge in [-0.3, -0.25) is 0 Å². The number of alkyl halides is 1. The van der Waals surface area contributed by atoms with Crippen LogP contribution in [0.15, 0.2) is 17.2 Å². The lowest BCUT2D eigenvalue weighted by Crippen LogP contribution is -2.28. The van der Waals surface area contributed by atoms with E-state index in [0.717, 1.165) is 25.0 Å². The van der Waals surface area contributed by atoms with Crippen molar-refractivity contribution < 1.29 is 8.42 Å². The number of aromatic nitrogens is 1. The van der Waals surface area contributed by atoms with Gasteiger partial charge in [0, 0.05) is 31.5 Å². The van der Waals surface area contributed by atoms with Crippen molar-refractivity contribution in [2.45, 2.75) is 49.9 Å². The van der Waals surface area contributed by atoms with Crippen LogP contribution in [-0.4, -0.2) is 30.9 Å². The van der Waals surface area contributed by atoms with Crippen molar-refractivity contribution in [2.24, 2.45) is 5.92 Å². The number of sulfonamides is 1. The summed E-state index contributed by atoms with van der Waals surface area (Å²) in [6.45, 7) is 4.73. The Morgan fingerprint density at radius 2 is 2.10 bits per heavy atom. The highest BCUT2D eigenvalue weighted by molar-refractivity contribution is 7.89. The Labute approximate surface area is 126 Å². The summed E-state index contributed by atoms with van der Waals surface area (Å²) in [4.78, 5) is 0.367. The van der Waals surface area contributed by atoms with E-state index in [4.69, 9.17) is 11.6 Å². The van der Waals surface area contributed by atoms with Crippen LogP contribution in [0.2, 0.25) is 0 Å². The molecule has 4 nitrogen and oxygen atoms in total. The Morgan fingerprint density at radius 1 is 1.45 bits per heavy atom. The fraction of sp³-hybridized carbons (Fsp3) is 0.714. The molecule has 0 amide bonds. The van der Waals surface area contributed by atoms with Crippen LogP contribution < -0.4 is 0 Å². The van der Waals surface area contributed by atoms with Gasteiger partial charge >= 0.3 is 0 Å². The Morgan fingerprint density at radius 3 is 2.60 bits per heavy atom. The molecule has 20 heavy (non-hydrogen) atoms. The van der Waals surface area contributed by atoms with Crippen molar-refractivity contribution in [2.75, 3.05) is 13.6 Å². The van der Waals surface area contributed by atoms with Gasteiger partial charge in [-0.05, 0) is 31.2 Å². The summed E-state index contributed by atoms with van der Waals surface area (Å²) in [7, 11) is -1.75. The molecule has 0 bridgehead atoms. The molecular weight excluding hydrogens is 296 g/mol. The largest absolute Gasteiger partial charge is 0.346 e. The van der Waals surface area contributed by atoms with Gasteiger partial charge in [0.15, 0.2) is 0 Å². The second kappa shape index (κ2) is 6.08. The fourth-order valence-electron chi connectivity index (χ4n) is 2.18. The number of halogens is 1. The third-order valence-electron chi connectivity index (χ3n) is 3.71. The second-order valence-electron chi connectivity index (χ2n) is 5.95. The third kappa shape index (κ3) is 3.38. The minimum absolute atomic E-state index is 0.349. The molecule has 0 aromatic carbocycles. The molecule has 0 spiro atoms. The van der Waals surface area contributed by atoms with E-state index in [1.54, 1.807) is 19.3 Å². The molecule has 1 fully saturated rings. The first-order valence-corrected chi connectivity index (χ1v) is 9.06. The number of rotatable bonds is 7. The molecule has 0 N–H and O–H groups in total. The Kier molecular flexibility index (Phi) is 4.82. The first-order valence-electron chi connectivity index (χ1n) is 7.09. The maximum absolute atomic E-state index is 12.5. The van der Waals surface area contributed by atoms with Gasteiger partial charge in [0.1, 0.15) is 4.90 Å². The average Bonchev–Trinajstić information content (AvgIpc) is 3.14. The van der Waals surface area contributed by atoms with E-state index in [-0.39, 0.29) is 0 Å². The highest BCUT2D eigenvalue weighted by atomic mass is 35.5. The SMILES string of the molecule is CC(C)CCN(C)S(=O)(=O)c1cc(CCl)n(C2CC2)c1. The van der Waals surface area contributed by atoms with Crippen LogP contribution in [0.3, 0.4) is 0 Å². The lowest BCUT2D eigenvalue weighted by molar-refractivity contribution is 0.428. The number of hydrogen-bond acceptors (Lipinski definition) is 2. The highest BCUT2D eigenvalue weighted by Gasteiger charge is 2.29. The molecule has 1 aliphatic rings. The lowest BCUT2D eigenvalue weighted by Gasteiger charge is -2.17. The Balaban J connectivity index is 2.20. The van der Waals surface area contributed by atoms with Crippen LogP contribution in [-0.2, 0) is 15.9 Å². The molecule has 1 aromatic rings. The zero-order chi connectivity index (χ0) is 14.9. The van der Waals surface area contributed by atoms with Crippen molar-refractivity contribution in [3.05, 3.63) is 18.0 Å². The first kappa shape index (κ1) is 15.9. The Bertz CT molecular complexity index is 562. The van der Waals surface area contributed by atoms with E-state index < -0.39 is 10.0 Å². The molecule has 0 radical (unpaired) electrons. The first-order chi connectivity index (χ1) is 9.36. The fourth-order valence-corrected chi connectivity index (χ4v) is 3.63. The van der Waals surface area contributed by atoms with Gasteiger partial charge in [-0.25, -0.2) is 12.7 Å². The standard InChI is InChI=1S/C14H23ClN2O2S/c1-11(2)6-7-16(3)20(18,19)14-8-13(9-15)17(10-14)12-4-5-12/h8,10-12H,4-7,9H2,1-3H3. The van der Waals surface area contributed by atoms with Crippen LogP contribution in [0.25, 0.3) is 0 Å².